The Morgan fingerprint density at radius 2 is 2.13 bits per heavy atom. The van der Waals surface area contributed by atoms with Gasteiger partial charge in [0.2, 0.25) is 11.8 Å². The van der Waals surface area contributed by atoms with Gasteiger partial charge in [-0.05, 0) is 31.0 Å². The van der Waals surface area contributed by atoms with Crippen LogP contribution >= 0.6 is 23.4 Å². The number of H-pyrrole nitrogens is 1. The minimum Gasteiger partial charge on any atom is -0.369 e. The molecule has 8 heteroatoms. The van der Waals surface area contributed by atoms with Crippen LogP contribution in [0.3, 0.4) is 0 Å². The molecule has 122 valence electrons. The number of aromatic amines is 1. The van der Waals surface area contributed by atoms with E-state index in [1.54, 1.807) is 11.0 Å². The van der Waals surface area contributed by atoms with Crippen molar-refractivity contribution in [3.8, 4) is 0 Å². The van der Waals surface area contributed by atoms with E-state index in [1.807, 2.05) is 12.1 Å². The Morgan fingerprint density at radius 3 is 2.83 bits per heavy atom. The smallest absolute Gasteiger partial charge is 0.233 e. The van der Waals surface area contributed by atoms with Crippen LogP contribution in [0.4, 0.5) is 0 Å². The van der Waals surface area contributed by atoms with Crippen LogP contribution in [-0.2, 0) is 9.59 Å². The van der Waals surface area contributed by atoms with E-state index in [0.29, 0.717) is 41.9 Å². The lowest BCUT2D eigenvalue weighted by Gasteiger charge is -2.30. The lowest BCUT2D eigenvalue weighted by Crippen LogP contribution is -2.42. The number of thioether (sulfide) groups is 1. The number of hydrogen-bond acceptors (Lipinski definition) is 4. The second-order valence-corrected chi connectivity index (χ2v) is 6.95. The molecule has 0 spiro atoms. The first kappa shape index (κ1) is 16.1. The Bertz CT molecular complexity index is 740. The number of hydrogen-bond donors (Lipinski definition) is 2. The number of carbonyl (C=O) groups excluding carboxylic acids is 2. The topological polar surface area (TPSA) is 92.1 Å². The number of fused-ring (bicyclic) bond motifs is 1. The van der Waals surface area contributed by atoms with Gasteiger partial charge in [0.25, 0.3) is 0 Å². The van der Waals surface area contributed by atoms with E-state index < -0.39 is 0 Å². The zero-order chi connectivity index (χ0) is 16.4. The lowest BCUT2D eigenvalue weighted by molar-refractivity contribution is -0.132. The summed E-state index contributed by atoms with van der Waals surface area (Å²) < 4.78 is 0. The Morgan fingerprint density at radius 1 is 1.39 bits per heavy atom. The molecular formula is C15H17ClN4O2S. The molecule has 3 rings (SSSR count). The third-order valence-corrected chi connectivity index (χ3v) is 5.10. The molecule has 0 atom stereocenters. The number of nitrogens with one attached hydrogen (secondary N) is 1. The fourth-order valence-corrected chi connectivity index (χ4v) is 3.62. The third-order valence-electron chi connectivity index (χ3n) is 4.00. The summed E-state index contributed by atoms with van der Waals surface area (Å²) in [6, 6.07) is 5.44. The van der Waals surface area contributed by atoms with E-state index in [4.69, 9.17) is 17.3 Å². The average Bonchev–Trinajstić information content (AvgIpc) is 2.94. The van der Waals surface area contributed by atoms with Gasteiger partial charge in [-0.3, -0.25) is 9.59 Å². The van der Waals surface area contributed by atoms with Gasteiger partial charge in [0.15, 0.2) is 5.16 Å². The summed E-state index contributed by atoms with van der Waals surface area (Å²) in [5, 5.41) is 1.34. The van der Waals surface area contributed by atoms with E-state index in [0.717, 1.165) is 11.0 Å². The number of benzene rings is 1. The van der Waals surface area contributed by atoms with Gasteiger partial charge in [-0.2, -0.15) is 0 Å². The molecule has 1 saturated heterocycles. The van der Waals surface area contributed by atoms with Crippen molar-refractivity contribution in [2.45, 2.75) is 18.0 Å². The molecule has 0 bridgehead atoms. The molecule has 0 radical (unpaired) electrons. The van der Waals surface area contributed by atoms with Gasteiger partial charge in [-0.15, -0.1) is 0 Å². The second-order valence-electron chi connectivity index (χ2n) is 5.55. The SMILES string of the molecule is NC(=O)C1CCN(C(=O)CSc2nc3ccc(Cl)cc3[nH]2)CC1. The molecule has 6 nitrogen and oxygen atoms in total. The fourth-order valence-electron chi connectivity index (χ4n) is 2.66. The van der Waals surface area contributed by atoms with Crippen LogP contribution < -0.4 is 5.73 Å². The molecule has 1 aliphatic rings. The highest BCUT2D eigenvalue weighted by molar-refractivity contribution is 7.99. The molecule has 0 aliphatic carbocycles. The molecule has 0 saturated carbocycles. The lowest BCUT2D eigenvalue weighted by atomic mass is 9.96. The summed E-state index contributed by atoms with van der Waals surface area (Å²) in [5.74, 6) is -0.00920. The monoisotopic (exact) mass is 352 g/mol. The third kappa shape index (κ3) is 3.79. The number of primary amides is 1. The Balaban J connectivity index is 1.55. The number of halogens is 1. The summed E-state index contributed by atoms with van der Waals surface area (Å²) >= 11 is 7.31. The van der Waals surface area contributed by atoms with Crippen LogP contribution in [0.2, 0.25) is 5.02 Å². The van der Waals surface area contributed by atoms with Gasteiger partial charge in [-0.25, -0.2) is 4.98 Å². The van der Waals surface area contributed by atoms with Crippen LogP contribution in [-0.4, -0.2) is 45.5 Å². The van der Waals surface area contributed by atoms with Gasteiger partial charge >= 0.3 is 0 Å². The van der Waals surface area contributed by atoms with Crippen molar-refractivity contribution in [2.75, 3.05) is 18.8 Å². The van der Waals surface area contributed by atoms with Crippen molar-refractivity contribution in [3.63, 3.8) is 0 Å². The standard InChI is InChI=1S/C15H17ClN4O2S/c16-10-1-2-11-12(7-10)19-15(18-11)23-8-13(21)20-5-3-9(4-6-20)14(17)22/h1-2,7,9H,3-6,8H2,(H2,17,22)(H,18,19). The van der Waals surface area contributed by atoms with Gasteiger partial charge in [0, 0.05) is 24.0 Å². The van der Waals surface area contributed by atoms with Gasteiger partial charge < -0.3 is 15.6 Å². The number of imidazole rings is 1. The number of likely N-dealkylation sites (tertiary alicyclic amines) is 1. The van der Waals surface area contributed by atoms with E-state index >= 15 is 0 Å². The molecule has 2 aromatic rings. The number of piperidine rings is 1. The second kappa shape index (κ2) is 6.80. The van der Waals surface area contributed by atoms with Crippen LogP contribution in [0.15, 0.2) is 23.4 Å². The van der Waals surface area contributed by atoms with E-state index in [-0.39, 0.29) is 17.7 Å². The predicted molar refractivity (Wildman–Crippen MR) is 90.3 cm³/mol. The van der Waals surface area contributed by atoms with Crippen LogP contribution in [0.1, 0.15) is 12.8 Å². The van der Waals surface area contributed by atoms with Gasteiger partial charge in [0.05, 0.1) is 16.8 Å². The van der Waals surface area contributed by atoms with E-state index in [9.17, 15) is 9.59 Å². The summed E-state index contributed by atoms with van der Waals surface area (Å²) in [7, 11) is 0. The van der Waals surface area contributed by atoms with Crippen molar-refractivity contribution >= 4 is 46.2 Å². The first-order valence-corrected chi connectivity index (χ1v) is 8.74. The van der Waals surface area contributed by atoms with Crippen molar-refractivity contribution in [1.29, 1.82) is 0 Å². The van der Waals surface area contributed by atoms with Gasteiger partial charge in [0.1, 0.15) is 0 Å². The molecule has 0 unspecified atom stereocenters. The summed E-state index contributed by atoms with van der Waals surface area (Å²) in [6.07, 6.45) is 1.30. The number of aromatic nitrogens is 2. The van der Waals surface area contributed by atoms with Crippen LogP contribution in [0.5, 0.6) is 0 Å². The number of nitrogens with zero attached hydrogens (tertiary/aromatic N) is 2. The maximum atomic E-state index is 12.2. The normalized spacial score (nSPS) is 16.0. The quantitative estimate of drug-likeness (QED) is 0.823. The number of nitrogens with two attached hydrogens (primary N) is 1. The molecule has 1 aromatic carbocycles. The highest BCUT2D eigenvalue weighted by atomic mass is 35.5. The zero-order valence-electron chi connectivity index (χ0n) is 12.4. The Kier molecular flexibility index (Phi) is 4.77. The highest BCUT2D eigenvalue weighted by Crippen LogP contribution is 2.23. The van der Waals surface area contributed by atoms with Crippen LogP contribution in [0.25, 0.3) is 11.0 Å². The molecule has 1 aliphatic heterocycles. The molecule has 3 N–H and O–H groups in total. The summed E-state index contributed by atoms with van der Waals surface area (Å²) in [6.45, 7) is 1.17. The molecule has 23 heavy (non-hydrogen) atoms. The zero-order valence-corrected chi connectivity index (χ0v) is 14.0. The average molecular weight is 353 g/mol. The van der Waals surface area contributed by atoms with E-state index in [2.05, 4.69) is 9.97 Å². The number of rotatable bonds is 4. The Labute approximate surface area is 142 Å². The van der Waals surface area contributed by atoms with Gasteiger partial charge in [-0.1, -0.05) is 23.4 Å². The van der Waals surface area contributed by atoms with Crippen LogP contribution in [0, 0.1) is 5.92 Å². The largest absolute Gasteiger partial charge is 0.369 e. The summed E-state index contributed by atoms with van der Waals surface area (Å²) in [5.41, 5.74) is 6.98. The number of amides is 2. The maximum Gasteiger partial charge on any atom is 0.233 e. The first-order valence-electron chi connectivity index (χ1n) is 7.38. The minimum absolute atomic E-state index is 0.0522. The van der Waals surface area contributed by atoms with Crippen molar-refractivity contribution in [2.24, 2.45) is 11.7 Å². The summed E-state index contributed by atoms with van der Waals surface area (Å²) in [4.78, 5) is 32.7. The molecule has 1 fully saturated rings. The predicted octanol–water partition coefficient (Wildman–Crippen LogP) is 2.03. The molecule has 2 heterocycles. The van der Waals surface area contributed by atoms with Crippen molar-refractivity contribution in [1.82, 2.24) is 14.9 Å². The number of carbonyl (C=O) groups is 2. The first-order chi connectivity index (χ1) is 11.0. The highest BCUT2D eigenvalue weighted by Gasteiger charge is 2.25. The maximum absolute atomic E-state index is 12.2. The molecule has 1 aromatic heterocycles. The molecular weight excluding hydrogens is 336 g/mol. The van der Waals surface area contributed by atoms with Crippen molar-refractivity contribution < 1.29 is 9.59 Å². The van der Waals surface area contributed by atoms with E-state index in [1.165, 1.54) is 11.8 Å². The Hall–Kier alpha value is -1.73. The van der Waals surface area contributed by atoms with Crippen molar-refractivity contribution in [3.05, 3.63) is 23.2 Å². The molecule has 2 amide bonds. The minimum atomic E-state index is -0.271. The fraction of sp³-hybridized carbons (Fsp3) is 0.400.